The van der Waals surface area contributed by atoms with Crippen LogP contribution in [0.1, 0.15) is 42.7 Å². The summed E-state index contributed by atoms with van der Waals surface area (Å²) in [5.74, 6) is 1.55. The van der Waals surface area contributed by atoms with Crippen molar-refractivity contribution in [3.63, 3.8) is 0 Å². The van der Waals surface area contributed by atoms with Crippen LogP contribution in [0.2, 0.25) is 0 Å². The van der Waals surface area contributed by atoms with Crippen molar-refractivity contribution >= 4 is 6.08 Å². The number of aliphatic hydroxyl groups excluding tert-OH is 2. The number of aliphatic hydroxyl groups is 2. The Morgan fingerprint density at radius 2 is 1.81 bits per heavy atom. The van der Waals surface area contributed by atoms with Gasteiger partial charge in [-0.2, -0.15) is 0 Å². The fraction of sp³-hybridized carbons (Fsp3) is 0.333. The number of fused-ring (bicyclic) bond motifs is 2. The van der Waals surface area contributed by atoms with E-state index < -0.39 is 23.9 Å². The maximum absolute atomic E-state index is 10.8. The molecule has 5 nitrogen and oxygen atoms in total. The second kappa shape index (κ2) is 6.04. The molecule has 2 aromatic carbocycles. The van der Waals surface area contributed by atoms with Crippen molar-refractivity contribution in [1.29, 1.82) is 0 Å². The van der Waals surface area contributed by atoms with Crippen LogP contribution in [-0.4, -0.2) is 29.0 Å². The second-order valence-corrected chi connectivity index (χ2v) is 7.16. The Hall–Kier alpha value is -2.50. The Kier molecular flexibility index (Phi) is 3.93. The Labute approximate surface area is 152 Å². The minimum absolute atomic E-state index is 0.443. The third-order valence-electron chi connectivity index (χ3n) is 4.82. The molecule has 0 radical (unpaired) electrons. The number of rotatable bonds is 2. The standard InChI is InChI=1S/C21H22O5/c1-21(2)10-9-13-14(26-21)11-15-16(20(13)24-3)17(22)18(23)19(25-15)12-7-5-4-6-8-12/h4-11,17-19,22-23H,1-3H3. The summed E-state index contributed by atoms with van der Waals surface area (Å²) in [6, 6.07) is 11.1. The zero-order valence-corrected chi connectivity index (χ0v) is 15.0. The van der Waals surface area contributed by atoms with Gasteiger partial charge < -0.3 is 24.4 Å². The molecular formula is C21H22O5. The van der Waals surface area contributed by atoms with Crippen molar-refractivity contribution in [3.8, 4) is 17.2 Å². The number of hydrogen-bond acceptors (Lipinski definition) is 5. The van der Waals surface area contributed by atoms with Gasteiger partial charge >= 0.3 is 0 Å². The van der Waals surface area contributed by atoms with Crippen LogP contribution in [-0.2, 0) is 0 Å². The van der Waals surface area contributed by atoms with E-state index in [1.165, 1.54) is 7.11 Å². The van der Waals surface area contributed by atoms with Crippen LogP contribution in [0.25, 0.3) is 6.08 Å². The molecule has 2 aromatic rings. The Morgan fingerprint density at radius 1 is 1.08 bits per heavy atom. The van der Waals surface area contributed by atoms with Crippen molar-refractivity contribution in [3.05, 3.63) is 59.2 Å². The molecule has 2 aliphatic rings. The molecule has 0 saturated carbocycles. The van der Waals surface area contributed by atoms with Gasteiger partial charge in [-0.05, 0) is 31.6 Å². The van der Waals surface area contributed by atoms with Gasteiger partial charge in [-0.1, -0.05) is 30.3 Å². The van der Waals surface area contributed by atoms with Crippen molar-refractivity contribution in [2.75, 3.05) is 7.11 Å². The van der Waals surface area contributed by atoms with Gasteiger partial charge in [0.15, 0.2) is 6.10 Å². The lowest BCUT2D eigenvalue weighted by molar-refractivity contribution is -0.0711. The average molecular weight is 354 g/mol. The minimum Gasteiger partial charge on any atom is -0.495 e. The van der Waals surface area contributed by atoms with Crippen molar-refractivity contribution in [2.24, 2.45) is 0 Å². The summed E-state index contributed by atoms with van der Waals surface area (Å²) in [4.78, 5) is 0. The highest BCUT2D eigenvalue weighted by molar-refractivity contribution is 5.72. The molecular weight excluding hydrogens is 332 g/mol. The normalized spacial score (nSPS) is 25.5. The van der Waals surface area contributed by atoms with E-state index in [9.17, 15) is 10.2 Å². The lowest BCUT2D eigenvalue weighted by atomic mass is 9.89. The van der Waals surface area contributed by atoms with E-state index in [-0.39, 0.29) is 0 Å². The molecule has 136 valence electrons. The summed E-state index contributed by atoms with van der Waals surface area (Å²) in [5, 5.41) is 21.5. The third kappa shape index (κ3) is 2.64. The molecule has 3 atom stereocenters. The first kappa shape index (κ1) is 16.9. The van der Waals surface area contributed by atoms with E-state index >= 15 is 0 Å². The van der Waals surface area contributed by atoms with Crippen LogP contribution < -0.4 is 14.2 Å². The molecule has 2 heterocycles. The van der Waals surface area contributed by atoms with Crippen LogP contribution >= 0.6 is 0 Å². The largest absolute Gasteiger partial charge is 0.495 e. The van der Waals surface area contributed by atoms with Gasteiger partial charge in [-0.15, -0.1) is 0 Å². The fourth-order valence-corrected chi connectivity index (χ4v) is 3.54. The number of benzene rings is 2. The predicted octanol–water partition coefficient (Wildman–Crippen LogP) is 3.41. The highest BCUT2D eigenvalue weighted by atomic mass is 16.5. The Bertz CT molecular complexity index is 856. The first-order valence-electron chi connectivity index (χ1n) is 8.62. The van der Waals surface area contributed by atoms with E-state index in [0.29, 0.717) is 22.8 Å². The topological polar surface area (TPSA) is 68.2 Å². The van der Waals surface area contributed by atoms with E-state index in [1.54, 1.807) is 6.07 Å². The highest BCUT2D eigenvalue weighted by Crippen LogP contribution is 2.51. The Balaban J connectivity index is 1.85. The maximum atomic E-state index is 10.8. The minimum atomic E-state index is -1.13. The average Bonchev–Trinajstić information content (AvgIpc) is 2.62. The molecule has 5 heteroatoms. The van der Waals surface area contributed by atoms with Gasteiger partial charge in [0, 0.05) is 6.07 Å². The predicted molar refractivity (Wildman–Crippen MR) is 97.5 cm³/mol. The van der Waals surface area contributed by atoms with Crippen LogP contribution in [0, 0.1) is 0 Å². The quantitative estimate of drug-likeness (QED) is 0.865. The van der Waals surface area contributed by atoms with Gasteiger partial charge in [0.25, 0.3) is 0 Å². The molecule has 0 fully saturated rings. The van der Waals surface area contributed by atoms with Crippen molar-refractivity contribution in [1.82, 2.24) is 0 Å². The summed E-state index contributed by atoms with van der Waals surface area (Å²) in [6.07, 6.45) is 0.937. The van der Waals surface area contributed by atoms with Crippen LogP contribution in [0.15, 0.2) is 42.5 Å². The smallest absolute Gasteiger partial charge is 0.152 e. The van der Waals surface area contributed by atoms with Gasteiger partial charge in [0.2, 0.25) is 0 Å². The van der Waals surface area contributed by atoms with Gasteiger partial charge in [0.05, 0.1) is 18.2 Å². The lowest BCUT2D eigenvalue weighted by Gasteiger charge is -2.37. The number of methoxy groups -OCH3 is 1. The third-order valence-corrected chi connectivity index (χ3v) is 4.82. The van der Waals surface area contributed by atoms with Gasteiger partial charge in [-0.3, -0.25) is 0 Å². The van der Waals surface area contributed by atoms with E-state index in [2.05, 4.69) is 0 Å². The first-order valence-corrected chi connectivity index (χ1v) is 8.62. The Morgan fingerprint density at radius 3 is 2.50 bits per heavy atom. The first-order chi connectivity index (χ1) is 12.4. The summed E-state index contributed by atoms with van der Waals surface area (Å²) < 4.78 is 17.7. The molecule has 4 rings (SSSR count). The summed E-state index contributed by atoms with van der Waals surface area (Å²) in [5.41, 5.74) is 1.53. The number of ether oxygens (including phenoxy) is 3. The van der Waals surface area contributed by atoms with Crippen LogP contribution in [0.3, 0.4) is 0 Å². The maximum Gasteiger partial charge on any atom is 0.152 e. The molecule has 0 bridgehead atoms. The van der Waals surface area contributed by atoms with Gasteiger partial charge in [-0.25, -0.2) is 0 Å². The molecule has 0 spiro atoms. The zero-order valence-electron chi connectivity index (χ0n) is 15.0. The molecule has 0 saturated heterocycles. The summed E-state index contributed by atoms with van der Waals surface area (Å²) in [7, 11) is 1.53. The van der Waals surface area contributed by atoms with Crippen molar-refractivity contribution in [2.45, 2.75) is 37.8 Å². The summed E-state index contributed by atoms with van der Waals surface area (Å²) >= 11 is 0. The summed E-state index contributed by atoms with van der Waals surface area (Å²) in [6.45, 7) is 3.93. The number of hydrogen-bond donors (Lipinski definition) is 2. The molecule has 26 heavy (non-hydrogen) atoms. The lowest BCUT2D eigenvalue weighted by Crippen LogP contribution is -2.35. The molecule has 0 aromatic heterocycles. The fourth-order valence-electron chi connectivity index (χ4n) is 3.54. The molecule has 2 N–H and O–H groups in total. The van der Waals surface area contributed by atoms with E-state index in [1.807, 2.05) is 56.3 Å². The van der Waals surface area contributed by atoms with Crippen molar-refractivity contribution < 1.29 is 24.4 Å². The SMILES string of the molecule is COc1c2c(cc3c1C(O)C(O)C(c1ccccc1)O3)OC(C)(C)C=C2. The molecule has 0 aliphatic carbocycles. The zero-order chi connectivity index (χ0) is 18.5. The van der Waals surface area contributed by atoms with Crippen LogP contribution in [0.5, 0.6) is 17.2 Å². The van der Waals surface area contributed by atoms with E-state index in [0.717, 1.165) is 11.1 Å². The van der Waals surface area contributed by atoms with Gasteiger partial charge in [0.1, 0.15) is 35.1 Å². The monoisotopic (exact) mass is 354 g/mol. The second-order valence-electron chi connectivity index (χ2n) is 7.16. The van der Waals surface area contributed by atoms with E-state index in [4.69, 9.17) is 14.2 Å². The highest BCUT2D eigenvalue weighted by Gasteiger charge is 2.41. The molecule has 3 unspecified atom stereocenters. The molecule has 2 aliphatic heterocycles. The molecule has 0 amide bonds. The van der Waals surface area contributed by atoms with Crippen LogP contribution in [0.4, 0.5) is 0 Å².